The monoisotopic (exact) mass is 312 g/mol. The molecule has 2 aliphatic carbocycles. The van der Waals surface area contributed by atoms with Gasteiger partial charge in [-0.15, -0.1) is 0 Å². The summed E-state index contributed by atoms with van der Waals surface area (Å²) in [6.45, 7) is 0.656. The van der Waals surface area contributed by atoms with Gasteiger partial charge in [-0.3, -0.25) is 9.59 Å². The van der Waals surface area contributed by atoms with Crippen molar-refractivity contribution < 1.29 is 9.59 Å². The van der Waals surface area contributed by atoms with Gasteiger partial charge in [0.1, 0.15) is 0 Å². The van der Waals surface area contributed by atoms with Crippen LogP contribution in [0.25, 0.3) is 0 Å². The predicted molar refractivity (Wildman–Crippen MR) is 90.4 cm³/mol. The lowest BCUT2D eigenvalue weighted by Crippen LogP contribution is -2.27. The van der Waals surface area contributed by atoms with Gasteiger partial charge in [0.2, 0.25) is 0 Å². The molecule has 0 saturated heterocycles. The fourth-order valence-electron chi connectivity index (χ4n) is 2.87. The summed E-state index contributed by atoms with van der Waals surface area (Å²) in [4.78, 5) is 24.3. The third-order valence-corrected chi connectivity index (χ3v) is 4.42. The van der Waals surface area contributed by atoms with E-state index in [0.717, 1.165) is 25.7 Å². The number of hydrogen-bond acceptors (Lipinski definition) is 2. The molecular weight excluding hydrogens is 288 g/mol. The standard InChI is InChI=1S/C19H24N2O2/c22-18(20-12-11-14-5-2-1-3-6-14)15-7-4-8-16(13-15)19(23)21-17-9-10-17/h4-5,7-8,13,17H,1-3,6,9-12H2,(H,20,22)(H,21,23). The third-order valence-electron chi connectivity index (χ3n) is 4.42. The molecule has 2 amide bonds. The molecule has 4 nitrogen and oxygen atoms in total. The molecule has 0 atom stereocenters. The topological polar surface area (TPSA) is 58.2 Å². The largest absolute Gasteiger partial charge is 0.352 e. The van der Waals surface area contributed by atoms with Crippen molar-refractivity contribution in [3.63, 3.8) is 0 Å². The van der Waals surface area contributed by atoms with E-state index in [4.69, 9.17) is 0 Å². The van der Waals surface area contributed by atoms with Crippen LogP contribution in [-0.2, 0) is 0 Å². The van der Waals surface area contributed by atoms with Gasteiger partial charge in [0.05, 0.1) is 0 Å². The zero-order valence-corrected chi connectivity index (χ0v) is 13.4. The summed E-state index contributed by atoms with van der Waals surface area (Å²) in [5.74, 6) is -0.197. The van der Waals surface area contributed by atoms with Gasteiger partial charge in [-0.25, -0.2) is 0 Å². The predicted octanol–water partition coefficient (Wildman–Crippen LogP) is 3.20. The number of hydrogen-bond donors (Lipinski definition) is 2. The fraction of sp³-hybridized carbons (Fsp3) is 0.474. The Balaban J connectivity index is 1.52. The van der Waals surface area contributed by atoms with Crippen molar-refractivity contribution in [3.8, 4) is 0 Å². The zero-order chi connectivity index (χ0) is 16.1. The van der Waals surface area contributed by atoms with Crippen LogP contribution in [0.2, 0.25) is 0 Å². The lowest BCUT2D eigenvalue weighted by atomic mass is 9.97. The Kier molecular flexibility index (Phi) is 5.11. The first kappa shape index (κ1) is 15.8. The molecule has 0 unspecified atom stereocenters. The highest BCUT2D eigenvalue weighted by Crippen LogP contribution is 2.20. The molecular formula is C19H24N2O2. The van der Waals surface area contributed by atoms with Gasteiger partial charge in [-0.1, -0.05) is 17.7 Å². The van der Waals surface area contributed by atoms with Gasteiger partial charge in [0.15, 0.2) is 0 Å². The quantitative estimate of drug-likeness (QED) is 0.793. The lowest BCUT2D eigenvalue weighted by molar-refractivity contribution is 0.0951. The van der Waals surface area contributed by atoms with Crippen LogP contribution in [0.5, 0.6) is 0 Å². The highest BCUT2D eigenvalue weighted by molar-refractivity contribution is 5.99. The molecule has 0 bridgehead atoms. The van der Waals surface area contributed by atoms with Gasteiger partial charge >= 0.3 is 0 Å². The van der Waals surface area contributed by atoms with E-state index in [-0.39, 0.29) is 11.8 Å². The van der Waals surface area contributed by atoms with Crippen molar-refractivity contribution in [2.45, 2.75) is 51.0 Å². The SMILES string of the molecule is O=C(NCCC1=CCCCC1)c1cccc(C(=O)NC2CC2)c1. The summed E-state index contributed by atoms with van der Waals surface area (Å²) in [6, 6.07) is 7.27. The molecule has 0 aliphatic heterocycles. The van der Waals surface area contributed by atoms with E-state index in [2.05, 4.69) is 16.7 Å². The Bertz CT molecular complexity index is 618. The van der Waals surface area contributed by atoms with Crippen molar-refractivity contribution in [1.29, 1.82) is 0 Å². The van der Waals surface area contributed by atoms with E-state index in [0.29, 0.717) is 23.7 Å². The summed E-state index contributed by atoms with van der Waals surface area (Å²) in [7, 11) is 0. The van der Waals surface area contributed by atoms with E-state index in [9.17, 15) is 9.59 Å². The molecule has 0 heterocycles. The van der Waals surface area contributed by atoms with Crippen LogP contribution in [0.1, 0.15) is 65.7 Å². The van der Waals surface area contributed by atoms with E-state index < -0.39 is 0 Å². The number of allylic oxidation sites excluding steroid dienone is 1. The van der Waals surface area contributed by atoms with Gasteiger partial charge in [-0.05, 0) is 63.1 Å². The van der Waals surface area contributed by atoms with Crippen LogP contribution in [0.3, 0.4) is 0 Å². The maximum absolute atomic E-state index is 12.2. The second kappa shape index (κ2) is 7.44. The Morgan fingerprint density at radius 1 is 1.09 bits per heavy atom. The van der Waals surface area contributed by atoms with Crippen molar-refractivity contribution in [3.05, 3.63) is 47.0 Å². The Morgan fingerprint density at radius 3 is 2.57 bits per heavy atom. The maximum atomic E-state index is 12.2. The number of carbonyl (C=O) groups is 2. The number of nitrogens with one attached hydrogen (secondary N) is 2. The zero-order valence-electron chi connectivity index (χ0n) is 13.4. The van der Waals surface area contributed by atoms with Gasteiger partial charge < -0.3 is 10.6 Å². The summed E-state index contributed by atoms with van der Waals surface area (Å²) in [5, 5.41) is 5.90. The highest BCUT2D eigenvalue weighted by atomic mass is 16.2. The molecule has 1 aromatic carbocycles. The first-order valence-electron chi connectivity index (χ1n) is 8.59. The van der Waals surface area contributed by atoms with Crippen LogP contribution in [0.4, 0.5) is 0 Å². The van der Waals surface area contributed by atoms with E-state index in [1.807, 2.05) is 0 Å². The van der Waals surface area contributed by atoms with Crippen molar-refractivity contribution in [1.82, 2.24) is 10.6 Å². The van der Waals surface area contributed by atoms with E-state index >= 15 is 0 Å². The van der Waals surface area contributed by atoms with Crippen LogP contribution in [0, 0.1) is 0 Å². The first-order chi connectivity index (χ1) is 11.2. The minimum atomic E-state index is -0.109. The molecule has 122 valence electrons. The normalized spacial score (nSPS) is 17.3. The van der Waals surface area contributed by atoms with Crippen molar-refractivity contribution in [2.75, 3.05) is 6.54 Å². The summed E-state index contributed by atoms with van der Waals surface area (Å²) in [5.41, 5.74) is 2.56. The second-order valence-electron chi connectivity index (χ2n) is 6.44. The number of carbonyl (C=O) groups excluding carboxylic acids is 2. The molecule has 0 radical (unpaired) electrons. The first-order valence-corrected chi connectivity index (χ1v) is 8.59. The molecule has 4 heteroatoms. The Hall–Kier alpha value is -2.10. The Morgan fingerprint density at radius 2 is 1.87 bits per heavy atom. The third kappa shape index (κ3) is 4.68. The minimum Gasteiger partial charge on any atom is -0.352 e. The second-order valence-corrected chi connectivity index (χ2v) is 6.44. The number of benzene rings is 1. The summed E-state index contributed by atoms with van der Waals surface area (Å²) in [6.07, 6.45) is 10.2. The highest BCUT2D eigenvalue weighted by Gasteiger charge is 2.24. The lowest BCUT2D eigenvalue weighted by Gasteiger charge is -2.13. The molecule has 0 spiro atoms. The maximum Gasteiger partial charge on any atom is 0.251 e. The van der Waals surface area contributed by atoms with E-state index in [1.165, 1.54) is 24.8 Å². The minimum absolute atomic E-state index is 0.0884. The van der Waals surface area contributed by atoms with Gasteiger partial charge in [0, 0.05) is 23.7 Å². The average molecular weight is 312 g/mol. The number of amides is 2. The van der Waals surface area contributed by atoms with Crippen LogP contribution in [0.15, 0.2) is 35.9 Å². The van der Waals surface area contributed by atoms with Crippen LogP contribution in [-0.4, -0.2) is 24.4 Å². The molecule has 23 heavy (non-hydrogen) atoms. The summed E-state index contributed by atoms with van der Waals surface area (Å²) >= 11 is 0. The smallest absolute Gasteiger partial charge is 0.251 e. The van der Waals surface area contributed by atoms with Crippen molar-refractivity contribution in [2.24, 2.45) is 0 Å². The van der Waals surface area contributed by atoms with Gasteiger partial charge in [-0.2, -0.15) is 0 Å². The fourth-order valence-corrected chi connectivity index (χ4v) is 2.87. The molecule has 1 aromatic rings. The molecule has 1 saturated carbocycles. The van der Waals surface area contributed by atoms with E-state index in [1.54, 1.807) is 24.3 Å². The van der Waals surface area contributed by atoms with Gasteiger partial charge in [0.25, 0.3) is 11.8 Å². The van der Waals surface area contributed by atoms with Crippen LogP contribution >= 0.6 is 0 Å². The summed E-state index contributed by atoms with van der Waals surface area (Å²) < 4.78 is 0. The molecule has 1 fully saturated rings. The molecule has 2 aliphatic rings. The molecule has 2 N–H and O–H groups in total. The Labute approximate surface area is 137 Å². The average Bonchev–Trinajstić information content (AvgIpc) is 3.40. The molecule has 3 rings (SSSR count). The van der Waals surface area contributed by atoms with Crippen LogP contribution < -0.4 is 10.6 Å². The number of rotatable bonds is 6. The molecule has 0 aromatic heterocycles. The van der Waals surface area contributed by atoms with Crippen molar-refractivity contribution >= 4 is 11.8 Å².